The van der Waals surface area contributed by atoms with Crippen LogP contribution in [0.1, 0.15) is 69.4 Å². The van der Waals surface area contributed by atoms with Crippen molar-refractivity contribution in [2.45, 2.75) is 71.1 Å². The monoisotopic (exact) mass is 302 g/mol. The van der Waals surface area contributed by atoms with Gasteiger partial charge in [0.15, 0.2) is 0 Å². The minimum Gasteiger partial charge on any atom is -0.465 e. The van der Waals surface area contributed by atoms with E-state index in [0.717, 1.165) is 25.7 Å². The number of carbonyl (C=O) groups is 1. The van der Waals surface area contributed by atoms with Crippen LogP contribution in [-0.2, 0) is 22.4 Å². The zero-order valence-electron chi connectivity index (χ0n) is 14.0. The van der Waals surface area contributed by atoms with Gasteiger partial charge in [-0.25, -0.2) is 0 Å². The Morgan fingerprint density at radius 1 is 1.00 bits per heavy atom. The standard InChI is InChI=1S/C20H30O2/c1-2-17-12-14-18(15-13-17)9-6-4-3-5-7-10-19-11-8-16-22-20(19)21/h12-15,19H,2-11,16H2,1H3. The summed E-state index contributed by atoms with van der Waals surface area (Å²) < 4.78 is 5.11. The quantitative estimate of drug-likeness (QED) is 0.469. The molecule has 1 aliphatic rings. The molecule has 1 aliphatic heterocycles. The fourth-order valence-electron chi connectivity index (χ4n) is 3.19. The van der Waals surface area contributed by atoms with E-state index in [9.17, 15) is 4.79 Å². The van der Waals surface area contributed by atoms with E-state index in [1.165, 1.54) is 49.7 Å². The Bertz CT molecular complexity index is 436. The molecule has 2 heteroatoms. The average Bonchev–Trinajstić information content (AvgIpc) is 2.56. The number of hydrogen-bond donors (Lipinski definition) is 0. The molecule has 1 saturated heterocycles. The van der Waals surface area contributed by atoms with Crippen LogP contribution in [0.5, 0.6) is 0 Å². The molecule has 0 bridgehead atoms. The number of benzene rings is 1. The molecular formula is C20H30O2. The minimum atomic E-state index is 0.0433. The molecule has 22 heavy (non-hydrogen) atoms. The third-order valence-corrected chi connectivity index (χ3v) is 4.72. The van der Waals surface area contributed by atoms with E-state index in [-0.39, 0.29) is 11.9 Å². The van der Waals surface area contributed by atoms with E-state index in [4.69, 9.17) is 4.74 Å². The Morgan fingerprint density at radius 2 is 1.68 bits per heavy atom. The lowest BCUT2D eigenvalue weighted by Crippen LogP contribution is -2.23. The SMILES string of the molecule is CCc1ccc(CCCCCCCC2CCCOC2=O)cc1. The molecule has 1 unspecified atom stereocenters. The van der Waals surface area contributed by atoms with Crippen molar-refractivity contribution in [1.82, 2.24) is 0 Å². The van der Waals surface area contributed by atoms with Crippen LogP contribution in [0.25, 0.3) is 0 Å². The summed E-state index contributed by atoms with van der Waals surface area (Å²) in [6, 6.07) is 9.04. The van der Waals surface area contributed by atoms with Gasteiger partial charge in [0.1, 0.15) is 0 Å². The highest BCUT2D eigenvalue weighted by Crippen LogP contribution is 2.22. The second-order valence-corrected chi connectivity index (χ2v) is 6.48. The lowest BCUT2D eigenvalue weighted by atomic mass is 9.94. The van der Waals surface area contributed by atoms with Gasteiger partial charge < -0.3 is 4.74 Å². The van der Waals surface area contributed by atoms with Gasteiger partial charge in [0, 0.05) is 0 Å². The average molecular weight is 302 g/mol. The van der Waals surface area contributed by atoms with Gasteiger partial charge in [0.05, 0.1) is 12.5 Å². The zero-order valence-corrected chi connectivity index (χ0v) is 14.0. The van der Waals surface area contributed by atoms with Crippen molar-refractivity contribution >= 4 is 5.97 Å². The second kappa shape index (κ2) is 9.66. The van der Waals surface area contributed by atoms with Crippen molar-refractivity contribution in [3.05, 3.63) is 35.4 Å². The summed E-state index contributed by atoms with van der Waals surface area (Å²) in [4.78, 5) is 11.5. The Morgan fingerprint density at radius 3 is 2.41 bits per heavy atom. The summed E-state index contributed by atoms with van der Waals surface area (Å²) in [5.41, 5.74) is 2.88. The van der Waals surface area contributed by atoms with Crippen LogP contribution in [0.3, 0.4) is 0 Å². The van der Waals surface area contributed by atoms with Gasteiger partial charge in [-0.3, -0.25) is 4.79 Å². The summed E-state index contributed by atoms with van der Waals surface area (Å²) >= 11 is 0. The van der Waals surface area contributed by atoms with Crippen molar-refractivity contribution in [3.63, 3.8) is 0 Å². The molecule has 1 aromatic carbocycles. The van der Waals surface area contributed by atoms with E-state index in [0.29, 0.717) is 6.61 Å². The highest BCUT2D eigenvalue weighted by Gasteiger charge is 2.22. The van der Waals surface area contributed by atoms with E-state index in [1.54, 1.807) is 0 Å². The molecule has 1 fully saturated rings. The molecule has 0 radical (unpaired) electrons. The minimum absolute atomic E-state index is 0.0433. The molecule has 122 valence electrons. The fourth-order valence-corrected chi connectivity index (χ4v) is 3.19. The summed E-state index contributed by atoms with van der Waals surface area (Å²) in [6.45, 7) is 2.83. The van der Waals surface area contributed by atoms with Crippen LogP contribution in [0.15, 0.2) is 24.3 Å². The van der Waals surface area contributed by atoms with E-state index in [1.807, 2.05) is 0 Å². The molecule has 0 amide bonds. The molecule has 1 aromatic rings. The summed E-state index contributed by atoms with van der Waals surface area (Å²) in [7, 11) is 0. The first kappa shape index (κ1) is 17.1. The Balaban J connectivity index is 1.49. The molecular weight excluding hydrogens is 272 g/mol. The summed E-state index contributed by atoms with van der Waals surface area (Å²) in [5, 5.41) is 0. The third-order valence-electron chi connectivity index (χ3n) is 4.72. The van der Waals surface area contributed by atoms with E-state index >= 15 is 0 Å². The van der Waals surface area contributed by atoms with E-state index < -0.39 is 0 Å². The van der Waals surface area contributed by atoms with Gasteiger partial charge in [-0.15, -0.1) is 0 Å². The largest absolute Gasteiger partial charge is 0.465 e. The molecule has 2 rings (SSSR count). The first-order valence-corrected chi connectivity index (χ1v) is 9.04. The van der Waals surface area contributed by atoms with Gasteiger partial charge >= 0.3 is 5.97 Å². The molecule has 0 spiro atoms. The maximum atomic E-state index is 11.5. The number of hydrogen-bond acceptors (Lipinski definition) is 2. The number of esters is 1. The van der Waals surface area contributed by atoms with Crippen molar-refractivity contribution in [2.75, 3.05) is 6.61 Å². The van der Waals surface area contributed by atoms with Gasteiger partial charge in [0.25, 0.3) is 0 Å². The highest BCUT2D eigenvalue weighted by molar-refractivity contribution is 5.72. The lowest BCUT2D eigenvalue weighted by molar-refractivity contribution is -0.153. The number of ether oxygens (including phenoxy) is 1. The number of rotatable bonds is 9. The smallest absolute Gasteiger partial charge is 0.308 e. The molecule has 0 aliphatic carbocycles. The topological polar surface area (TPSA) is 26.3 Å². The fraction of sp³-hybridized carbons (Fsp3) is 0.650. The van der Waals surface area contributed by atoms with Crippen molar-refractivity contribution in [2.24, 2.45) is 5.92 Å². The predicted octanol–water partition coefficient (Wildman–Crippen LogP) is 5.09. The van der Waals surface area contributed by atoms with Crippen LogP contribution in [0.2, 0.25) is 0 Å². The maximum Gasteiger partial charge on any atom is 0.308 e. The third kappa shape index (κ3) is 5.82. The molecule has 1 atom stereocenters. The number of unbranched alkanes of at least 4 members (excludes halogenated alkanes) is 4. The first-order chi connectivity index (χ1) is 10.8. The van der Waals surface area contributed by atoms with Crippen molar-refractivity contribution in [1.29, 1.82) is 0 Å². The second-order valence-electron chi connectivity index (χ2n) is 6.48. The van der Waals surface area contributed by atoms with E-state index in [2.05, 4.69) is 31.2 Å². The molecule has 0 saturated carbocycles. The van der Waals surface area contributed by atoms with Crippen LogP contribution in [-0.4, -0.2) is 12.6 Å². The van der Waals surface area contributed by atoms with Crippen molar-refractivity contribution in [3.8, 4) is 0 Å². The van der Waals surface area contributed by atoms with Crippen LogP contribution >= 0.6 is 0 Å². The van der Waals surface area contributed by atoms with Crippen LogP contribution < -0.4 is 0 Å². The van der Waals surface area contributed by atoms with Gasteiger partial charge in [-0.05, 0) is 49.7 Å². The molecule has 1 heterocycles. The lowest BCUT2D eigenvalue weighted by Gasteiger charge is -2.20. The van der Waals surface area contributed by atoms with Crippen LogP contribution in [0.4, 0.5) is 0 Å². The van der Waals surface area contributed by atoms with Gasteiger partial charge in [0.2, 0.25) is 0 Å². The Hall–Kier alpha value is -1.31. The molecule has 0 N–H and O–H groups in total. The summed E-state index contributed by atoms with van der Waals surface area (Å²) in [5.74, 6) is 0.229. The van der Waals surface area contributed by atoms with Gasteiger partial charge in [-0.1, -0.05) is 56.9 Å². The Labute approximate surface area is 135 Å². The highest BCUT2D eigenvalue weighted by atomic mass is 16.5. The van der Waals surface area contributed by atoms with Crippen molar-refractivity contribution < 1.29 is 9.53 Å². The predicted molar refractivity (Wildman–Crippen MR) is 90.9 cm³/mol. The normalized spacial score (nSPS) is 18.2. The molecule has 2 nitrogen and oxygen atoms in total. The first-order valence-electron chi connectivity index (χ1n) is 9.04. The zero-order chi connectivity index (χ0) is 15.6. The number of aryl methyl sites for hydroxylation is 2. The maximum absolute atomic E-state index is 11.5. The number of cyclic esters (lactones) is 1. The van der Waals surface area contributed by atoms with Crippen LogP contribution in [0, 0.1) is 5.92 Å². The Kier molecular flexibility index (Phi) is 7.48. The summed E-state index contributed by atoms with van der Waals surface area (Å²) in [6.07, 6.45) is 11.7. The number of carbonyl (C=O) groups excluding carboxylic acids is 1. The molecule has 0 aromatic heterocycles. The van der Waals surface area contributed by atoms with Gasteiger partial charge in [-0.2, -0.15) is 0 Å².